The minimum Gasteiger partial charge on any atom is -0.343 e. The van der Waals surface area contributed by atoms with Crippen molar-refractivity contribution in [3.8, 4) is 11.5 Å². The average molecular weight is 161 g/mol. The number of hydrogen-bond donors (Lipinski definition) is 1. The molecule has 0 saturated carbocycles. The van der Waals surface area contributed by atoms with Gasteiger partial charge in [-0.2, -0.15) is 0 Å². The smallest absolute Gasteiger partial charge is 0.155 e. The van der Waals surface area contributed by atoms with Crippen molar-refractivity contribution in [3.63, 3.8) is 0 Å². The first-order valence-electron chi connectivity index (χ1n) is 3.37. The topological polar surface area (TPSA) is 41.6 Å². The van der Waals surface area contributed by atoms with E-state index in [1.54, 1.807) is 18.6 Å². The lowest BCUT2D eigenvalue weighted by Gasteiger charge is -1.91. The van der Waals surface area contributed by atoms with Gasteiger partial charge in [0.15, 0.2) is 5.82 Å². The van der Waals surface area contributed by atoms with Crippen molar-refractivity contribution in [2.75, 3.05) is 0 Å². The van der Waals surface area contributed by atoms with E-state index in [0.29, 0.717) is 0 Å². The number of H-pyrrole nitrogens is 1. The summed E-state index contributed by atoms with van der Waals surface area (Å²) in [6, 6.07) is 5.73. The molecule has 0 atom stereocenters. The molecule has 12 heavy (non-hydrogen) atoms. The summed E-state index contributed by atoms with van der Waals surface area (Å²) >= 11 is 0. The van der Waals surface area contributed by atoms with Crippen molar-refractivity contribution in [1.29, 1.82) is 0 Å². The molecule has 0 radical (unpaired) electrons. The molecule has 0 aliphatic rings. The number of aromatic nitrogens is 3. The second-order valence-electron chi connectivity index (χ2n) is 2.15. The molecule has 62 valence electrons. The van der Waals surface area contributed by atoms with Gasteiger partial charge in [0.25, 0.3) is 0 Å². The molecule has 0 spiro atoms. The number of aromatic amines is 1. The van der Waals surface area contributed by atoms with Gasteiger partial charge in [0.1, 0.15) is 5.69 Å². The SMILES string of the molecule is C.c1ccc(-c2ncc[nH]2)nc1. The summed E-state index contributed by atoms with van der Waals surface area (Å²) in [5, 5.41) is 0. The highest BCUT2D eigenvalue weighted by Crippen LogP contribution is 2.08. The Morgan fingerprint density at radius 3 is 2.58 bits per heavy atom. The van der Waals surface area contributed by atoms with Gasteiger partial charge in [-0.25, -0.2) is 4.98 Å². The second-order valence-corrected chi connectivity index (χ2v) is 2.15. The van der Waals surface area contributed by atoms with Gasteiger partial charge in [-0.05, 0) is 12.1 Å². The molecule has 2 aromatic rings. The van der Waals surface area contributed by atoms with Crippen molar-refractivity contribution < 1.29 is 0 Å². The summed E-state index contributed by atoms with van der Waals surface area (Å²) in [6.45, 7) is 0. The molecule has 0 aliphatic heterocycles. The lowest BCUT2D eigenvalue weighted by molar-refractivity contribution is 1.22. The Morgan fingerprint density at radius 2 is 2.00 bits per heavy atom. The van der Waals surface area contributed by atoms with Gasteiger partial charge in [0.05, 0.1) is 0 Å². The molecule has 2 rings (SSSR count). The van der Waals surface area contributed by atoms with Crippen molar-refractivity contribution in [3.05, 3.63) is 36.8 Å². The van der Waals surface area contributed by atoms with Crippen LogP contribution < -0.4 is 0 Å². The minimum absolute atomic E-state index is 0. The largest absolute Gasteiger partial charge is 0.343 e. The zero-order valence-corrected chi connectivity index (χ0v) is 5.86. The molecule has 0 aliphatic carbocycles. The molecule has 0 aromatic carbocycles. The van der Waals surface area contributed by atoms with Crippen molar-refractivity contribution in [2.45, 2.75) is 7.43 Å². The molecular weight excluding hydrogens is 150 g/mol. The highest BCUT2D eigenvalue weighted by molar-refractivity contribution is 5.47. The van der Waals surface area contributed by atoms with Crippen LogP contribution in [0.5, 0.6) is 0 Å². The maximum absolute atomic E-state index is 4.13. The van der Waals surface area contributed by atoms with Crippen LogP contribution in [0.2, 0.25) is 0 Å². The van der Waals surface area contributed by atoms with Gasteiger partial charge < -0.3 is 4.98 Å². The summed E-state index contributed by atoms with van der Waals surface area (Å²) in [5.74, 6) is 0.811. The number of rotatable bonds is 1. The van der Waals surface area contributed by atoms with Crippen LogP contribution >= 0.6 is 0 Å². The van der Waals surface area contributed by atoms with Gasteiger partial charge in [-0.15, -0.1) is 0 Å². The van der Waals surface area contributed by atoms with E-state index in [0.717, 1.165) is 11.5 Å². The highest BCUT2D eigenvalue weighted by atomic mass is 14.9. The summed E-state index contributed by atoms with van der Waals surface area (Å²) in [6.07, 6.45) is 5.24. The van der Waals surface area contributed by atoms with E-state index in [4.69, 9.17) is 0 Å². The number of hydrogen-bond acceptors (Lipinski definition) is 2. The van der Waals surface area contributed by atoms with Gasteiger partial charge >= 0.3 is 0 Å². The molecule has 3 heteroatoms. The minimum atomic E-state index is 0. The Morgan fingerprint density at radius 1 is 1.08 bits per heavy atom. The monoisotopic (exact) mass is 161 g/mol. The first kappa shape index (κ1) is 8.46. The normalized spacial score (nSPS) is 9.00. The van der Waals surface area contributed by atoms with Crippen LogP contribution in [0, 0.1) is 0 Å². The van der Waals surface area contributed by atoms with Crippen LogP contribution in [0.15, 0.2) is 36.8 Å². The fourth-order valence-corrected chi connectivity index (χ4v) is 0.908. The Labute approximate surface area is 71.5 Å². The fourth-order valence-electron chi connectivity index (χ4n) is 0.908. The van der Waals surface area contributed by atoms with Crippen LogP contribution in [-0.4, -0.2) is 15.0 Å². The predicted molar refractivity (Wildman–Crippen MR) is 48.5 cm³/mol. The van der Waals surface area contributed by atoms with Crippen LogP contribution in [0.3, 0.4) is 0 Å². The van der Waals surface area contributed by atoms with Gasteiger partial charge in [-0.1, -0.05) is 13.5 Å². The molecule has 0 fully saturated rings. The number of nitrogens with zero attached hydrogens (tertiary/aromatic N) is 2. The van der Waals surface area contributed by atoms with Crippen molar-refractivity contribution >= 4 is 0 Å². The summed E-state index contributed by atoms with van der Waals surface area (Å²) < 4.78 is 0. The van der Waals surface area contributed by atoms with Gasteiger partial charge in [-0.3, -0.25) is 4.98 Å². The maximum atomic E-state index is 4.13. The Balaban J connectivity index is 0.000000720. The summed E-state index contributed by atoms with van der Waals surface area (Å²) in [4.78, 5) is 11.2. The number of pyridine rings is 1. The quantitative estimate of drug-likeness (QED) is 0.696. The first-order valence-corrected chi connectivity index (χ1v) is 3.37. The maximum Gasteiger partial charge on any atom is 0.155 e. The van der Waals surface area contributed by atoms with E-state index in [2.05, 4.69) is 15.0 Å². The molecule has 1 N–H and O–H groups in total. The Bertz CT molecular complexity index is 313. The summed E-state index contributed by atoms with van der Waals surface area (Å²) in [7, 11) is 0. The molecule has 0 bridgehead atoms. The van der Waals surface area contributed by atoms with E-state index in [-0.39, 0.29) is 7.43 Å². The lowest BCUT2D eigenvalue weighted by Crippen LogP contribution is -1.82. The molecular formula is C9H11N3. The van der Waals surface area contributed by atoms with Gasteiger partial charge in [0, 0.05) is 18.6 Å². The van der Waals surface area contributed by atoms with E-state index in [1.165, 1.54) is 0 Å². The van der Waals surface area contributed by atoms with Crippen LogP contribution in [0.4, 0.5) is 0 Å². The van der Waals surface area contributed by atoms with E-state index < -0.39 is 0 Å². The zero-order chi connectivity index (χ0) is 7.52. The van der Waals surface area contributed by atoms with Crippen LogP contribution in [-0.2, 0) is 0 Å². The van der Waals surface area contributed by atoms with Crippen LogP contribution in [0.25, 0.3) is 11.5 Å². The Hall–Kier alpha value is -1.64. The fraction of sp³-hybridized carbons (Fsp3) is 0.111. The number of imidazole rings is 1. The number of nitrogens with one attached hydrogen (secondary N) is 1. The third-order valence-electron chi connectivity index (χ3n) is 1.41. The van der Waals surface area contributed by atoms with Gasteiger partial charge in [0.2, 0.25) is 0 Å². The highest BCUT2D eigenvalue weighted by Gasteiger charge is 1.96. The van der Waals surface area contributed by atoms with Crippen molar-refractivity contribution in [2.24, 2.45) is 0 Å². The van der Waals surface area contributed by atoms with Crippen LogP contribution in [0.1, 0.15) is 7.43 Å². The first-order chi connectivity index (χ1) is 5.47. The third-order valence-corrected chi connectivity index (χ3v) is 1.41. The third kappa shape index (κ3) is 1.50. The molecule has 0 saturated heterocycles. The molecule has 3 nitrogen and oxygen atoms in total. The molecule has 2 heterocycles. The lowest BCUT2D eigenvalue weighted by atomic mass is 10.3. The van der Waals surface area contributed by atoms with E-state index in [9.17, 15) is 0 Å². The second kappa shape index (κ2) is 3.67. The van der Waals surface area contributed by atoms with E-state index in [1.807, 2.05) is 18.2 Å². The standard InChI is InChI=1S/C8H7N3.CH4/c1-2-4-9-7(3-1)8-10-5-6-11-8;/h1-6H,(H,10,11);1H4. The molecule has 2 aromatic heterocycles. The summed E-state index contributed by atoms with van der Waals surface area (Å²) in [5.41, 5.74) is 0.873. The van der Waals surface area contributed by atoms with E-state index >= 15 is 0 Å². The Kier molecular flexibility index (Phi) is 2.58. The zero-order valence-electron chi connectivity index (χ0n) is 5.86. The molecule has 0 unspecified atom stereocenters. The average Bonchev–Trinajstić information content (AvgIpc) is 2.58. The predicted octanol–water partition coefficient (Wildman–Crippen LogP) is 2.11. The molecule has 0 amide bonds. The van der Waals surface area contributed by atoms with Crippen molar-refractivity contribution in [1.82, 2.24) is 15.0 Å².